The summed E-state index contributed by atoms with van der Waals surface area (Å²) in [6, 6.07) is 9.02. The van der Waals surface area contributed by atoms with Crippen molar-refractivity contribution in [3.05, 3.63) is 63.8 Å². The summed E-state index contributed by atoms with van der Waals surface area (Å²) in [5.41, 5.74) is -0.535. The zero-order chi connectivity index (χ0) is 29.2. The first-order valence-corrected chi connectivity index (χ1v) is 14.3. The van der Waals surface area contributed by atoms with Crippen LogP contribution >= 0.6 is 23.2 Å². The molecule has 3 heterocycles. The second-order valence-corrected chi connectivity index (χ2v) is 11.6. The number of aliphatic hydroxyl groups is 2. The molecule has 8 nitrogen and oxygen atoms in total. The van der Waals surface area contributed by atoms with Gasteiger partial charge in [0.25, 0.3) is 5.91 Å². The van der Waals surface area contributed by atoms with Crippen LogP contribution < -0.4 is 10.1 Å². The average Bonchev–Trinajstić information content (AvgIpc) is 3.62. The minimum Gasteiger partial charge on any atom is -0.489 e. The van der Waals surface area contributed by atoms with Crippen LogP contribution in [0.4, 0.5) is 8.78 Å². The summed E-state index contributed by atoms with van der Waals surface area (Å²) in [6.07, 6.45) is 1.39. The van der Waals surface area contributed by atoms with Gasteiger partial charge in [0.15, 0.2) is 5.76 Å². The molecule has 0 bridgehead atoms. The molecule has 0 radical (unpaired) electrons. The normalized spacial score (nSPS) is 19.3. The van der Waals surface area contributed by atoms with Gasteiger partial charge in [-0.05, 0) is 67.9 Å². The lowest BCUT2D eigenvalue weighted by molar-refractivity contribution is -0.151. The number of amides is 1. The van der Waals surface area contributed by atoms with E-state index in [-0.39, 0.29) is 23.8 Å². The topological polar surface area (TPSA) is 104 Å². The Morgan fingerprint density at radius 1 is 1.12 bits per heavy atom. The summed E-state index contributed by atoms with van der Waals surface area (Å²) < 4.78 is 46.9. The molecule has 2 saturated heterocycles. The predicted molar refractivity (Wildman–Crippen MR) is 150 cm³/mol. The number of aliphatic hydroxyl groups excluding tert-OH is 1. The van der Waals surface area contributed by atoms with Gasteiger partial charge in [-0.25, -0.2) is 0 Å². The van der Waals surface area contributed by atoms with Crippen LogP contribution in [0.25, 0.3) is 11.0 Å². The monoisotopic (exact) mass is 612 g/mol. The first-order valence-electron chi connectivity index (χ1n) is 13.6. The minimum atomic E-state index is -4.01. The molecule has 222 valence electrons. The van der Waals surface area contributed by atoms with Gasteiger partial charge in [-0.3, -0.25) is 4.79 Å². The van der Waals surface area contributed by atoms with E-state index in [1.165, 1.54) is 24.3 Å². The predicted octanol–water partition coefficient (Wildman–Crippen LogP) is 5.07. The number of ether oxygens (including phenoxy) is 2. The Bertz CT molecular complexity index is 1370. The van der Waals surface area contributed by atoms with E-state index in [2.05, 4.69) is 5.32 Å². The van der Waals surface area contributed by atoms with Gasteiger partial charge in [0.05, 0.1) is 11.1 Å². The average molecular weight is 613 g/mol. The number of likely N-dealkylation sites (tertiary alicyclic amines) is 1. The second kappa shape index (κ2) is 12.4. The molecule has 0 unspecified atom stereocenters. The summed E-state index contributed by atoms with van der Waals surface area (Å²) in [7, 11) is 0. The van der Waals surface area contributed by atoms with Crippen LogP contribution in [0.3, 0.4) is 0 Å². The molecule has 2 fully saturated rings. The molecule has 2 aliphatic heterocycles. The molecule has 1 aromatic heterocycles. The number of halogens is 4. The van der Waals surface area contributed by atoms with Crippen LogP contribution in [-0.4, -0.2) is 72.1 Å². The van der Waals surface area contributed by atoms with E-state index in [9.17, 15) is 15.0 Å². The van der Waals surface area contributed by atoms with Gasteiger partial charge >= 0.3 is 5.92 Å². The Kier molecular flexibility index (Phi) is 9.08. The number of hydrogen-bond acceptors (Lipinski definition) is 7. The highest BCUT2D eigenvalue weighted by atomic mass is 35.5. The van der Waals surface area contributed by atoms with E-state index in [1.54, 1.807) is 12.1 Å². The number of benzene rings is 2. The highest BCUT2D eigenvalue weighted by molar-refractivity contribution is 6.32. The summed E-state index contributed by atoms with van der Waals surface area (Å²) >= 11 is 12.4. The van der Waals surface area contributed by atoms with Crippen molar-refractivity contribution in [3.8, 4) is 5.75 Å². The number of carbonyl (C=O) groups excluding carboxylic acids is 1. The van der Waals surface area contributed by atoms with E-state index in [1.807, 2.05) is 4.90 Å². The molecule has 41 heavy (non-hydrogen) atoms. The maximum atomic E-state index is 15.3. The van der Waals surface area contributed by atoms with E-state index in [0.717, 1.165) is 32.0 Å². The molecule has 2 aromatic carbocycles. The van der Waals surface area contributed by atoms with Crippen LogP contribution in [0.2, 0.25) is 10.0 Å². The Hall–Kier alpha value is -2.47. The molecule has 0 aliphatic carbocycles. The van der Waals surface area contributed by atoms with Crippen molar-refractivity contribution in [3.63, 3.8) is 0 Å². The highest BCUT2D eigenvalue weighted by Crippen LogP contribution is 2.35. The van der Waals surface area contributed by atoms with Crippen LogP contribution in [-0.2, 0) is 15.5 Å². The molecular formula is C29H32Cl2F2N2O6. The molecule has 0 saturated carbocycles. The SMILES string of the molecule is O=C(N[C@H](CN1CCCC1)[C@H](O)c1ccc(OCC2(O)CCOCC2)c(Cl)c1)C(F)(F)c1cc2cc(Cl)ccc2o1. The second-order valence-electron chi connectivity index (χ2n) is 10.7. The molecule has 3 aromatic rings. The molecule has 12 heteroatoms. The summed E-state index contributed by atoms with van der Waals surface area (Å²) in [6.45, 7) is 2.50. The maximum absolute atomic E-state index is 15.3. The number of furan rings is 1. The number of carbonyl (C=O) groups is 1. The number of hydrogen-bond donors (Lipinski definition) is 3. The lowest BCUT2D eigenvalue weighted by Crippen LogP contribution is -2.50. The van der Waals surface area contributed by atoms with E-state index >= 15 is 8.78 Å². The van der Waals surface area contributed by atoms with Crippen molar-refractivity contribution in [2.45, 2.75) is 49.4 Å². The van der Waals surface area contributed by atoms with Crippen LogP contribution in [0.5, 0.6) is 5.75 Å². The van der Waals surface area contributed by atoms with Crippen LogP contribution in [0.1, 0.15) is 43.1 Å². The fraction of sp³-hybridized carbons (Fsp3) is 0.483. The number of alkyl halides is 2. The zero-order valence-electron chi connectivity index (χ0n) is 22.3. The Morgan fingerprint density at radius 3 is 2.56 bits per heavy atom. The minimum absolute atomic E-state index is 0.0225. The van der Waals surface area contributed by atoms with E-state index in [0.29, 0.717) is 47.8 Å². The Morgan fingerprint density at radius 2 is 1.85 bits per heavy atom. The molecule has 5 rings (SSSR count). The third-order valence-electron chi connectivity index (χ3n) is 7.64. The molecule has 3 N–H and O–H groups in total. The van der Waals surface area contributed by atoms with Gasteiger partial charge in [0.2, 0.25) is 0 Å². The summed E-state index contributed by atoms with van der Waals surface area (Å²) in [4.78, 5) is 15.0. The first-order chi connectivity index (χ1) is 19.5. The molecule has 2 aliphatic rings. The fourth-order valence-corrected chi connectivity index (χ4v) is 5.59. The summed E-state index contributed by atoms with van der Waals surface area (Å²) in [5, 5.41) is 25.2. The smallest absolute Gasteiger partial charge is 0.380 e. The van der Waals surface area contributed by atoms with Crippen molar-refractivity contribution < 1.29 is 37.7 Å². The van der Waals surface area contributed by atoms with Crippen molar-refractivity contribution >= 4 is 40.1 Å². The Balaban J connectivity index is 1.32. The fourth-order valence-electron chi connectivity index (χ4n) is 5.17. The van der Waals surface area contributed by atoms with Crippen molar-refractivity contribution in [1.29, 1.82) is 0 Å². The van der Waals surface area contributed by atoms with Crippen molar-refractivity contribution in [1.82, 2.24) is 10.2 Å². The molecule has 0 spiro atoms. The zero-order valence-corrected chi connectivity index (χ0v) is 23.8. The maximum Gasteiger partial charge on any atom is 0.380 e. The lowest BCUT2D eigenvalue weighted by atomic mass is 9.96. The molecule has 2 atom stereocenters. The van der Waals surface area contributed by atoms with Gasteiger partial charge in [0.1, 0.15) is 29.6 Å². The van der Waals surface area contributed by atoms with Crippen molar-refractivity contribution in [2.75, 3.05) is 39.5 Å². The van der Waals surface area contributed by atoms with Gasteiger partial charge < -0.3 is 34.3 Å². The number of nitrogens with zero attached hydrogens (tertiary/aromatic N) is 1. The number of nitrogens with one attached hydrogen (secondary N) is 1. The van der Waals surface area contributed by atoms with Gasteiger partial charge in [0, 0.05) is 43.0 Å². The van der Waals surface area contributed by atoms with E-state index < -0.39 is 35.3 Å². The molecular weight excluding hydrogens is 581 g/mol. The third kappa shape index (κ3) is 6.96. The van der Waals surface area contributed by atoms with Gasteiger partial charge in [-0.15, -0.1) is 0 Å². The Labute approximate surface area is 246 Å². The van der Waals surface area contributed by atoms with Crippen LogP contribution in [0.15, 0.2) is 46.9 Å². The number of rotatable bonds is 10. The summed E-state index contributed by atoms with van der Waals surface area (Å²) in [5.74, 6) is -6.12. The lowest BCUT2D eigenvalue weighted by Gasteiger charge is -2.32. The largest absolute Gasteiger partial charge is 0.489 e. The quantitative estimate of drug-likeness (QED) is 0.294. The van der Waals surface area contributed by atoms with Gasteiger partial charge in [-0.1, -0.05) is 29.3 Å². The van der Waals surface area contributed by atoms with Crippen LogP contribution in [0, 0.1) is 0 Å². The molecule has 1 amide bonds. The third-order valence-corrected chi connectivity index (χ3v) is 8.17. The number of fused-ring (bicyclic) bond motifs is 1. The highest BCUT2D eigenvalue weighted by Gasteiger charge is 2.46. The van der Waals surface area contributed by atoms with Crippen molar-refractivity contribution in [2.24, 2.45) is 0 Å². The standard InChI is InChI=1S/C29H32Cl2F2N2O6/c30-20-4-6-23-19(13-20)15-25(41-23)29(32,33)27(37)34-22(16-35-9-1-2-10-35)26(36)18-3-5-24(21(31)14-18)40-17-28(38)7-11-39-12-8-28/h3-6,13-15,22,26,36,38H,1-2,7-12,16-17H2,(H,34,37)/t22-,26-/m1/s1. The van der Waals surface area contributed by atoms with E-state index in [4.69, 9.17) is 37.1 Å². The first kappa shape index (κ1) is 30.0. The van der Waals surface area contributed by atoms with Gasteiger partial charge in [-0.2, -0.15) is 8.78 Å².